The lowest BCUT2D eigenvalue weighted by molar-refractivity contribution is 0.109. The molecule has 1 aliphatic rings. The zero-order chi connectivity index (χ0) is 14.4. The van der Waals surface area contributed by atoms with E-state index >= 15 is 0 Å². The van der Waals surface area contributed by atoms with Gasteiger partial charge in [-0.15, -0.1) is 0 Å². The smallest absolute Gasteiger partial charge is 0.0673 e. The predicted molar refractivity (Wildman–Crippen MR) is 84.4 cm³/mol. The number of hydrogen-bond donors (Lipinski definition) is 1. The van der Waals surface area contributed by atoms with Crippen molar-refractivity contribution in [2.45, 2.75) is 58.0 Å². The van der Waals surface area contributed by atoms with Crippen LogP contribution in [0.25, 0.3) is 0 Å². The number of likely N-dealkylation sites (tertiary alicyclic amines) is 1. The lowest BCUT2D eigenvalue weighted by atomic mass is 9.90. The molecule has 2 rings (SSSR count). The number of nitrogens with zero attached hydrogens (tertiary/aromatic N) is 2. The fraction of sp³-hybridized carbons (Fsp3) is 0.706. The van der Waals surface area contributed by atoms with E-state index in [4.69, 9.17) is 5.73 Å². The Kier molecular flexibility index (Phi) is 5.99. The van der Waals surface area contributed by atoms with Crippen LogP contribution in [0.3, 0.4) is 0 Å². The molecule has 1 fully saturated rings. The highest BCUT2D eigenvalue weighted by Gasteiger charge is 2.29. The number of rotatable bonds is 6. The Morgan fingerprint density at radius 2 is 2.05 bits per heavy atom. The van der Waals surface area contributed by atoms with Gasteiger partial charge in [-0.2, -0.15) is 0 Å². The highest BCUT2D eigenvalue weighted by Crippen LogP contribution is 2.30. The van der Waals surface area contributed by atoms with Crippen LogP contribution in [-0.4, -0.2) is 29.0 Å². The topological polar surface area (TPSA) is 42.2 Å². The van der Waals surface area contributed by atoms with Gasteiger partial charge in [-0.1, -0.05) is 32.8 Å². The molecule has 2 unspecified atom stereocenters. The van der Waals surface area contributed by atoms with Crippen molar-refractivity contribution in [3.05, 3.63) is 30.1 Å². The molecule has 0 radical (unpaired) electrons. The minimum atomic E-state index is 0.174. The molecular weight excluding hydrogens is 246 g/mol. The van der Waals surface area contributed by atoms with Gasteiger partial charge in [-0.05, 0) is 50.4 Å². The third-order valence-electron chi connectivity index (χ3n) is 4.61. The zero-order valence-electron chi connectivity index (χ0n) is 13.0. The van der Waals surface area contributed by atoms with Gasteiger partial charge in [-0.25, -0.2) is 0 Å². The second kappa shape index (κ2) is 7.75. The lowest BCUT2D eigenvalue weighted by Crippen LogP contribution is -2.45. The van der Waals surface area contributed by atoms with Crippen LogP contribution in [0, 0.1) is 5.92 Å². The summed E-state index contributed by atoms with van der Waals surface area (Å²) in [6.45, 7) is 6.79. The van der Waals surface area contributed by atoms with Crippen molar-refractivity contribution in [1.82, 2.24) is 9.88 Å². The van der Waals surface area contributed by atoms with Crippen molar-refractivity contribution in [2.24, 2.45) is 11.7 Å². The lowest BCUT2D eigenvalue weighted by Gasteiger charge is -2.39. The van der Waals surface area contributed by atoms with E-state index in [-0.39, 0.29) is 12.1 Å². The van der Waals surface area contributed by atoms with Gasteiger partial charge in [0.05, 0.1) is 11.7 Å². The van der Waals surface area contributed by atoms with E-state index in [1.54, 1.807) is 0 Å². The third-order valence-corrected chi connectivity index (χ3v) is 4.61. The van der Waals surface area contributed by atoms with Crippen LogP contribution in [0.4, 0.5) is 0 Å². The van der Waals surface area contributed by atoms with E-state index in [0.717, 1.165) is 18.0 Å². The van der Waals surface area contributed by atoms with E-state index in [2.05, 4.69) is 35.9 Å². The third kappa shape index (κ3) is 3.80. The molecule has 1 aliphatic heterocycles. The summed E-state index contributed by atoms with van der Waals surface area (Å²) in [7, 11) is 0. The fourth-order valence-corrected chi connectivity index (χ4v) is 3.38. The van der Waals surface area contributed by atoms with E-state index in [9.17, 15) is 0 Å². The summed E-state index contributed by atoms with van der Waals surface area (Å²) in [5.41, 5.74) is 7.53. The minimum Gasteiger partial charge on any atom is -0.326 e. The zero-order valence-corrected chi connectivity index (χ0v) is 13.0. The van der Waals surface area contributed by atoms with Crippen molar-refractivity contribution < 1.29 is 0 Å². The summed E-state index contributed by atoms with van der Waals surface area (Å²) >= 11 is 0. The molecule has 3 nitrogen and oxygen atoms in total. The van der Waals surface area contributed by atoms with Gasteiger partial charge in [0, 0.05) is 12.2 Å². The van der Waals surface area contributed by atoms with Crippen LogP contribution in [0.2, 0.25) is 0 Å². The molecule has 0 aromatic carbocycles. The Bertz CT molecular complexity index is 371. The molecule has 3 heteroatoms. The van der Waals surface area contributed by atoms with E-state index in [1.807, 2.05) is 12.3 Å². The number of pyridine rings is 1. The molecule has 2 N–H and O–H groups in total. The van der Waals surface area contributed by atoms with Crippen molar-refractivity contribution in [3.8, 4) is 0 Å². The maximum Gasteiger partial charge on any atom is 0.0673 e. The SMILES string of the molecule is CCCC1CCN(C(c2ccccn2)C(N)CC)CC1. The Morgan fingerprint density at radius 1 is 1.30 bits per heavy atom. The molecule has 0 aliphatic carbocycles. The van der Waals surface area contributed by atoms with E-state index in [1.165, 1.54) is 38.8 Å². The molecule has 0 amide bonds. The summed E-state index contributed by atoms with van der Waals surface area (Å²) in [6, 6.07) is 6.63. The van der Waals surface area contributed by atoms with E-state index in [0.29, 0.717) is 0 Å². The van der Waals surface area contributed by atoms with Crippen molar-refractivity contribution >= 4 is 0 Å². The Labute approximate surface area is 123 Å². The standard InChI is InChI=1S/C17H29N3/c1-3-7-14-9-12-20(13-10-14)17(15(18)4-2)16-8-5-6-11-19-16/h5-6,8,11,14-15,17H,3-4,7,9-10,12-13,18H2,1-2H3. The molecule has 0 spiro atoms. The van der Waals surface area contributed by atoms with Gasteiger partial charge >= 0.3 is 0 Å². The molecule has 0 bridgehead atoms. The first-order chi connectivity index (χ1) is 9.76. The monoisotopic (exact) mass is 275 g/mol. The maximum absolute atomic E-state index is 6.39. The van der Waals surface area contributed by atoms with E-state index < -0.39 is 0 Å². The van der Waals surface area contributed by atoms with Crippen LogP contribution in [0.5, 0.6) is 0 Å². The number of aromatic nitrogens is 1. The molecule has 20 heavy (non-hydrogen) atoms. The molecule has 1 saturated heterocycles. The van der Waals surface area contributed by atoms with Gasteiger partial charge in [0.2, 0.25) is 0 Å². The molecule has 2 atom stereocenters. The van der Waals surface area contributed by atoms with Crippen molar-refractivity contribution in [2.75, 3.05) is 13.1 Å². The second-order valence-electron chi connectivity index (χ2n) is 6.04. The molecule has 0 saturated carbocycles. The summed E-state index contributed by atoms with van der Waals surface area (Å²) < 4.78 is 0. The first-order valence-electron chi connectivity index (χ1n) is 8.16. The number of nitrogens with two attached hydrogens (primary N) is 1. The summed E-state index contributed by atoms with van der Waals surface area (Å²) in [6.07, 6.45) is 8.19. The predicted octanol–water partition coefficient (Wildman–Crippen LogP) is 3.37. The largest absolute Gasteiger partial charge is 0.326 e. The van der Waals surface area contributed by atoms with Crippen LogP contribution in [-0.2, 0) is 0 Å². The summed E-state index contributed by atoms with van der Waals surface area (Å²) in [5.74, 6) is 0.915. The van der Waals surface area contributed by atoms with Crippen LogP contribution < -0.4 is 5.73 Å². The number of hydrogen-bond acceptors (Lipinski definition) is 3. The Morgan fingerprint density at radius 3 is 2.60 bits per heavy atom. The maximum atomic E-state index is 6.39. The van der Waals surface area contributed by atoms with Gasteiger partial charge in [0.15, 0.2) is 0 Å². The first kappa shape index (κ1) is 15.5. The second-order valence-corrected chi connectivity index (χ2v) is 6.04. The summed E-state index contributed by atoms with van der Waals surface area (Å²) in [4.78, 5) is 7.12. The van der Waals surface area contributed by atoms with Gasteiger partial charge in [0.25, 0.3) is 0 Å². The molecule has 112 valence electrons. The summed E-state index contributed by atoms with van der Waals surface area (Å²) in [5, 5.41) is 0. The van der Waals surface area contributed by atoms with Gasteiger partial charge < -0.3 is 5.73 Å². The van der Waals surface area contributed by atoms with Gasteiger partial charge in [-0.3, -0.25) is 9.88 Å². The quantitative estimate of drug-likeness (QED) is 0.865. The average molecular weight is 275 g/mol. The highest BCUT2D eigenvalue weighted by molar-refractivity contribution is 5.11. The molecule has 1 aromatic heterocycles. The normalized spacial score (nSPS) is 20.8. The number of piperidine rings is 1. The van der Waals surface area contributed by atoms with Crippen LogP contribution >= 0.6 is 0 Å². The molecular formula is C17H29N3. The van der Waals surface area contributed by atoms with Crippen molar-refractivity contribution in [3.63, 3.8) is 0 Å². The Balaban J connectivity index is 2.05. The molecule has 2 heterocycles. The average Bonchev–Trinajstić information content (AvgIpc) is 2.50. The minimum absolute atomic E-state index is 0.174. The highest BCUT2D eigenvalue weighted by atomic mass is 15.2. The van der Waals surface area contributed by atoms with Crippen LogP contribution in [0.1, 0.15) is 57.7 Å². The molecule has 1 aromatic rings. The van der Waals surface area contributed by atoms with Gasteiger partial charge in [0.1, 0.15) is 0 Å². The fourth-order valence-electron chi connectivity index (χ4n) is 3.38. The first-order valence-corrected chi connectivity index (χ1v) is 8.16. The van der Waals surface area contributed by atoms with Crippen LogP contribution in [0.15, 0.2) is 24.4 Å². The Hall–Kier alpha value is -0.930. The van der Waals surface area contributed by atoms with Crippen molar-refractivity contribution in [1.29, 1.82) is 0 Å².